The zero-order valence-electron chi connectivity index (χ0n) is 21.3. The number of fused-ring (bicyclic) bond motifs is 1. The fourth-order valence-electron chi connectivity index (χ4n) is 3.28. The number of amides is 2. The van der Waals surface area contributed by atoms with Gasteiger partial charge >= 0.3 is 0 Å². The summed E-state index contributed by atoms with van der Waals surface area (Å²) in [4.78, 5) is 46.8. The normalized spacial score (nSPS) is 9.30. The molecule has 8 nitrogen and oxygen atoms in total. The Labute approximate surface area is 217 Å². The standard InChI is InChI=1S/C26H23N3O4.C2H6.CH4O/c1-18(16-30)13-28-26(33)24(17-31)27-14-21-8-3-5-12-23(21)25(32)29-15-20-10-6-9-19-7-2-4-11-22(19)20;2*1-2/h2-12,16,27H,1,13-15H2,(H,28,33)(H,29,32);1-2H3;2H,1H3. The minimum Gasteiger partial charge on any atom is -0.400 e. The van der Waals surface area contributed by atoms with E-state index in [0.717, 1.165) is 23.4 Å². The Balaban J connectivity index is 0.00000163. The Morgan fingerprint density at radius 3 is 2.16 bits per heavy atom. The number of hydrogen-bond acceptors (Lipinski definition) is 6. The quantitative estimate of drug-likeness (QED) is 0.191. The molecule has 0 radical (unpaired) electrons. The topological polar surface area (TPSA) is 125 Å². The minimum atomic E-state index is -0.717. The van der Waals surface area contributed by atoms with Gasteiger partial charge in [-0.2, -0.15) is 0 Å². The van der Waals surface area contributed by atoms with Gasteiger partial charge in [0.1, 0.15) is 6.29 Å². The number of hydrogen-bond donors (Lipinski definition) is 4. The summed E-state index contributed by atoms with van der Waals surface area (Å²) >= 11 is 0. The third kappa shape index (κ3) is 9.22. The third-order valence-corrected chi connectivity index (χ3v) is 5.01. The summed E-state index contributed by atoms with van der Waals surface area (Å²) in [5, 5.41) is 17.2. The average molecular weight is 504 g/mol. The van der Waals surface area contributed by atoms with Crippen molar-refractivity contribution in [3.05, 3.63) is 101 Å². The van der Waals surface area contributed by atoms with Crippen LogP contribution in [0.1, 0.15) is 35.3 Å². The van der Waals surface area contributed by atoms with Crippen LogP contribution in [-0.2, 0) is 27.5 Å². The van der Waals surface area contributed by atoms with E-state index in [0.29, 0.717) is 24.0 Å². The minimum absolute atomic E-state index is 0.0600. The second-order valence-corrected chi connectivity index (χ2v) is 7.27. The second-order valence-electron chi connectivity index (χ2n) is 7.27. The molecule has 0 aliphatic heterocycles. The average Bonchev–Trinajstić information content (AvgIpc) is 2.97. The number of benzene rings is 3. The van der Waals surface area contributed by atoms with E-state index in [4.69, 9.17) is 5.11 Å². The van der Waals surface area contributed by atoms with E-state index >= 15 is 0 Å². The summed E-state index contributed by atoms with van der Waals surface area (Å²) in [7, 11) is 1.00. The molecule has 8 heteroatoms. The number of aldehydes is 1. The molecule has 0 unspecified atom stereocenters. The number of nitrogens with one attached hydrogen (secondary N) is 3. The van der Waals surface area contributed by atoms with Crippen molar-refractivity contribution in [2.75, 3.05) is 13.7 Å². The predicted molar refractivity (Wildman–Crippen MR) is 145 cm³/mol. The first kappa shape index (κ1) is 30.5. The third-order valence-electron chi connectivity index (χ3n) is 5.01. The van der Waals surface area contributed by atoms with Crippen molar-refractivity contribution in [2.24, 2.45) is 0 Å². The molecule has 0 saturated carbocycles. The number of rotatable bonds is 10. The highest BCUT2D eigenvalue weighted by atomic mass is 16.2. The SMILES string of the molecule is C=C(C=O)CNC(=O)C(=C=O)NCc1ccccc1C(=O)NCc1cccc2ccccc12.CC.CO. The van der Waals surface area contributed by atoms with Crippen molar-refractivity contribution >= 4 is 34.8 Å². The van der Waals surface area contributed by atoms with Crippen LogP contribution in [0.4, 0.5) is 0 Å². The Hall–Kier alpha value is -4.52. The van der Waals surface area contributed by atoms with Crippen LogP contribution in [0, 0.1) is 0 Å². The van der Waals surface area contributed by atoms with Crippen LogP contribution in [-0.4, -0.2) is 42.8 Å². The van der Waals surface area contributed by atoms with Gasteiger partial charge in [0.25, 0.3) is 11.8 Å². The maximum absolute atomic E-state index is 12.9. The Bertz CT molecular complexity index is 1260. The molecule has 0 bridgehead atoms. The van der Waals surface area contributed by atoms with Crippen molar-refractivity contribution in [1.29, 1.82) is 0 Å². The molecule has 0 atom stereocenters. The van der Waals surface area contributed by atoms with Gasteiger partial charge in [0.15, 0.2) is 11.6 Å². The Kier molecular flexibility index (Phi) is 14.0. The van der Waals surface area contributed by atoms with Gasteiger partial charge in [0.2, 0.25) is 0 Å². The molecular weight excluding hydrogens is 470 g/mol. The van der Waals surface area contributed by atoms with Gasteiger partial charge in [0.05, 0.1) is 0 Å². The molecule has 2 amide bonds. The van der Waals surface area contributed by atoms with Crippen LogP contribution in [0.2, 0.25) is 0 Å². The van der Waals surface area contributed by atoms with E-state index < -0.39 is 5.91 Å². The molecule has 0 aliphatic carbocycles. The van der Waals surface area contributed by atoms with E-state index in [-0.39, 0.29) is 30.3 Å². The van der Waals surface area contributed by atoms with Gasteiger partial charge in [-0.3, -0.25) is 14.4 Å². The lowest BCUT2D eigenvalue weighted by Gasteiger charge is -2.13. The Morgan fingerprint density at radius 2 is 1.46 bits per heavy atom. The first-order chi connectivity index (χ1) is 18.0. The summed E-state index contributed by atoms with van der Waals surface area (Å²) in [6.07, 6.45) is 0.519. The maximum Gasteiger partial charge on any atom is 0.279 e. The highest BCUT2D eigenvalue weighted by molar-refractivity contribution is 6.00. The van der Waals surface area contributed by atoms with Crippen LogP contribution < -0.4 is 16.0 Å². The van der Waals surface area contributed by atoms with Gasteiger partial charge in [-0.25, -0.2) is 4.79 Å². The lowest BCUT2D eigenvalue weighted by atomic mass is 10.0. The fourth-order valence-corrected chi connectivity index (χ4v) is 3.28. The molecule has 194 valence electrons. The number of carbonyl (C=O) groups excluding carboxylic acids is 4. The summed E-state index contributed by atoms with van der Waals surface area (Å²) in [6.45, 7) is 7.79. The summed E-state index contributed by atoms with van der Waals surface area (Å²) in [5.41, 5.74) is 1.86. The predicted octanol–water partition coefficient (Wildman–Crippen LogP) is 3.08. The molecule has 4 N–H and O–H groups in total. The van der Waals surface area contributed by atoms with Crippen LogP contribution in [0.5, 0.6) is 0 Å². The van der Waals surface area contributed by atoms with Gasteiger partial charge in [0, 0.05) is 37.9 Å². The molecule has 0 saturated heterocycles. The number of aliphatic hydroxyl groups is 1. The monoisotopic (exact) mass is 503 g/mol. The molecule has 3 aromatic rings. The highest BCUT2D eigenvalue weighted by Crippen LogP contribution is 2.18. The van der Waals surface area contributed by atoms with E-state index in [9.17, 15) is 19.2 Å². The first-order valence-corrected chi connectivity index (χ1v) is 11.7. The molecule has 3 rings (SSSR count). The van der Waals surface area contributed by atoms with Gasteiger partial charge in [-0.15, -0.1) is 0 Å². The van der Waals surface area contributed by atoms with Crippen molar-refractivity contribution in [3.63, 3.8) is 0 Å². The van der Waals surface area contributed by atoms with Crippen molar-refractivity contribution < 1.29 is 24.3 Å². The molecular formula is C29H33N3O5. The second kappa shape index (κ2) is 17.0. The molecule has 0 aliphatic rings. The van der Waals surface area contributed by atoms with Crippen molar-refractivity contribution in [3.8, 4) is 0 Å². The van der Waals surface area contributed by atoms with Gasteiger partial charge in [-0.1, -0.05) is 81.1 Å². The highest BCUT2D eigenvalue weighted by Gasteiger charge is 2.14. The van der Waals surface area contributed by atoms with Crippen LogP contribution in [0.15, 0.2) is 84.6 Å². The summed E-state index contributed by atoms with van der Waals surface area (Å²) in [6, 6.07) is 20.8. The van der Waals surface area contributed by atoms with Crippen LogP contribution in [0.25, 0.3) is 10.8 Å². The van der Waals surface area contributed by atoms with Gasteiger partial charge < -0.3 is 21.1 Å². The number of aliphatic hydroxyl groups excluding tert-OH is 1. The molecule has 37 heavy (non-hydrogen) atoms. The molecule has 3 aromatic carbocycles. The smallest absolute Gasteiger partial charge is 0.279 e. The van der Waals surface area contributed by atoms with E-state index in [2.05, 4.69) is 22.5 Å². The van der Waals surface area contributed by atoms with E-state index in [1.165, 1.54) is 0 Å². The van der Waals surface area contributed by atoms with E-state index in [1.54, 1.807) is 30.2 Å². The molecule has 0 spiro atoms. The van der Waals surface area contributed by atoms with Crippen LogP contribution >= 0.6 is 0 Å². The fraction of sp³-hybridized carbons (Fsp3) is 0.207. The van der Waals surface area contributed by atoms with Crippen LogP contribution in [0.3, 0.4) is 0 Å². The Morgan fingerprint density at radius 1 is 0.865 bits per heavy atom. The molecule has 0 aromatic heterocycles. The van der Waals surface area contributed by atoms with E-state index in [1.807, 2.05) is 56.3 Å². The number of carbonyl (C=O) groups is 3. The first-order valence-electron chi connectivity index (χ1n) is 11.7. The summed E-state index contributed by atoms with van der Waals surface area (Å²) < 4.78 is 0. The largest absolute Gasteiger partial charge is 0.400 e. The maximum atomic E-state index is 12.9. The lowest BCUT2D eigenvalue weighted by molar-refractivity contribution is -0.117. The van der Waals surface area contributed by atoms with Crippen molar-refractivity contribution in [1.82, 2.24) is 16.0 Å². The summed E-state index contributed by atoms with van der Waals surface area (Å²) in [5.74, 6) is 0.560. The zero-order chi connectivity index (χ0) is 27.6. The molecule has 0 fully saturated rings. The molecule has 0 heterocycles. The van der Waals surface area contributed by atoms with Crippen molar-refractivity contribution in [2.45, 2.75) is 26.9 Å². The lowest BCUT2D eigenvalue weighted by Crippen LogP contribution is -2.33. The van der Waals surface area contributed by atoms with Gasteiger partial charge in [-0.05, 0) is 28.0 Å². The zero-order valence-corrected chi connectivity index (χ0v) is 21.3.